The van der Waals surface area contributed by atoms with Crippen molar-refractivity contribution in [3.8, 4) is 0 Å². The summed E-state index contributed by atoms with van der Waals surface area (Å²) in [5.41, 5.74) is 0.532. The molecule has 0 bridgehead atoms. The maximum atomic E-state index is 3.84. The minimum atomic E-state index is 0.532. The number of nitrogens with one attached hydrogen (secondary N) is 1. The van der Waals surface area contributed by atoms with E-state index in [1.165, 1.54) is 50.2 Å². The average molecular weight is 227 g/mol. The molecule has 0 spiro atoms. The molecule has 1 saturated carbocycles. The summed E-state index contributed by atoms with van der Waals surface area (Å²) in [4.78, 5) is 0. The van der Waals surface area contributed by atoms with E-state index in [1.54, 1.807) is 0 Å². The highest BCUT2D eigenvalue weighted by Crippen LogP contribution is 2.35. The van der Waals surface area contributed by atoms with E-state index in [4.69, 9.17) is 0 Å². The zero-order valence-electron chi connectivity index (χ0n) is 10.2. The molecule has 15 heavy (non-hydrogen) atoms. The van der Waals surface area contributed by atoms with Crippen LogP contribution in [0.4, 0.5) is 0 Å². The number of hydrogen-bond donors (Lipinski definition) is 1. The van der Waals surface area contributed by atoms with Crippen LogP contribution in [-0.2, 0) is 0 Å². The Morgan fingerprint density at radius 1 is 1.27 bits per heavy atom. The van der Waals surface area contributed by atoms with Crippen LogP contribution in [-0.4, -0.2) is 24.1 Å². The van der Waals surface area contributed by atoms with Crippen molar-refractivity contribution in [3.63, 3.8) is 0 Å². The van der Waals surface area contributed by atoms with Gasteiger partial charge in [-0.3, -0.25) is 0 Å². The second-order valence-electron chi connectivity index (χ2n) is 5.92. The fraction of sp³-hybridized carbons (Fsp3) is 1.00. The van der Waals surface area contributed by atoms with Crippen LogP contribution >= 0.6 is 11.8 Å². The highest BCUT2D eigenvalue weighted by Gasteiger charge is 2.32. The van der Waals surface area contributed by atoms with Crippen LogP contribution < -0.4 is 5.32 Å². The van der Waals surface area contributed by atoms with E-state index in [1.807, 2.05) is 0 Å². The van der Waals surface area contributed by atoms with Crippen LogP contribution in [0, 0.1) is 11.3 Å². The van der Waals surface area contributed by atoms with Crippen molar-refractivity contribution >= 4 is 11.8 Å². The molecule has 1 saturated heterocycles. The third-order valence-corrected chi connectivity index (χ3v) is 5.42. The Bertz CT molecular complexity index is 197. The summed E-state index contributed by atoms with van der Waals surface area (Å²) in [7, 11) is 0. The van der Waals surface area contributed by atoms with E-state index < -0.39 is 0 Å². The van der Waals surface area contributed by atoms with Gasteiger partial charge in [-0.1, -0.05) is 26.7 Å². The summed E-state index contributed by atoms with van der Waals surface area (Å²) in [6.45, 7) is 6.14. The smallest absolute Gasteiger partial charge is 0.0118 e. The second kappa shape index (κ2) is 5.09. The van der Waals surface area contributed by atoms with Crippen LogP contribution in [0.1, 0.15) is 46.0 Å². The Kier molecular flexibility index (Phi) is 4.00. The first-order valence-electron chi connectivity index (χ1n) is 6.49. The molecule has 1 N–H and O–H groups in total. The van der Waals surface area contributed by atoms with Gasteiger partial charge < -0.3 is 5.32 Å². The zero-order chi connectivity index (χ0) is 10.7. The van der Waals surface area contributed by atoms with Crippen molar-refractivity contribution in [2.45, 2.75) is 52.0 Å². The Labute approximate surface area is 98.8 Å². The van der Waals surface area contributed by atoms with E-state index in [2.05, 4.69) is 30.9 Å². The van der Waals surface area contributed by atoms with Crippen LogP contribution in [0.2, 0.25) is 0 Å². The Hall–Kier alpha value is 0.310. The summed E-state index contributed by atoms with van der Waals surface area (Å²) >= 11 is 2.13. The molecule has 2 atom stereocenters. The maximum Gasteiger partial charge on any atom is 0.0118 e. The topological polar surface area (TPSA) is 12.0 Å². The highest BCUT2D eigenvalue weighted by molar-refractivity contribution is 7.99. The fourth-order valence-electron chi connectivity index (χ4n) is 2.93. The van der Waals surface area contributed by atoms with E-state index in [-0.39, 0.29) is 0 Å². The SMILES string of the molecule is CC1(C)CCCCC1NCC1CCSC1. The molecular formula is C13H25NS. The molecule has 0 radical (unpaired) electrons. The summed E-state index contributed by atoms with van der Waals surface area (Å²) in [5, 5.41) is 3.84. The van der Waals surface area contributed by atoms with Gasteiger partial charge >= 0.3 is 0 Å². The van der Waals surface area contributed by atoms with Gasteiger partial charge in [-0.25, -0.2) is 0 Å². The summed E-state index contributed by atoms with van der Waals surface area (Å²) in [5.74, 6) is 3.73. The van der Waals surface area contributed by atoms with Gasteiger partial charge in [-0.15, -0.1) is 0 Å². The van der Waals surface area contributed by atoms with Crippen molar-refractivity contribution in [2.24, 2.45) is 11.3 Å². The summed E-state index contributed by atoms with van der Waals surface area (Å²) in [6, 6.07) is 0.775. The first kappa shape index (κ1) is 11.8. The molecule has 0 aromatic carbocycles. The van der Waals surface area contributed by atoms with Crippen LogP contribution in [0.15, 0.2) is 0 Å². The van der Waals surface area contributed by atoms with Crippen LogP contribution in [0.25, 0.3) is 0 Å². The third kappa shape index (κ3) is 3.13. The van der Waals surface area contributed by atoms with Crippen molar-refractivity contribution in [2.75, 3.05) is 18.1 Å². The monoisotopic (exact) mass is 227 g/mol. The van der Waals surface area contributed by atoms with Crippen LogP contribution in [0.3, 0.4) is 0 Å². The first-order chi connectivity index (χ1) is 7.18. The molecule has 0 aromatic rings. The molecule has 1 heterocycles. The first-order valence-corrected chi connectivity index (χ1v) is 7.65. The van der Waals surface area contributed by atoms with Gasteiger partial charge in [0.15, 0.2) is 0 Å². The lowest BCUT2D eigenvalue weighted by Gasteiger charge is -2.39. The molecular weight excluding hydrogens is 202 g/mol. The molecule has 2 rings (SSSR count). The molecule has 2 unspecified atom stereocenters. The predicted molar refractivity (Wildman–Crippen MR) is 69.5 cm³/mol. The van der Waals surface area contributed by atoms with Gasteiger partial charge in [-0.2, -0.15) is 11.8 Å². The van der Waals surface area contributed by atoms with Gasteiger partial charge in [-0.05, 0) is 48.6 Å². The van der Waals surface area contributed by atoms with E-state index in [0.717, 1.165) is 12.0 Å². The number of thioether (sulfide) groups is 1. The Balaban J connectivity index is 1.76. The van der Waals surface area contributed by atoms with Crippen LogP contribution in [0.5, 0.6) is 0 Å². The van der Waals surface area contributed by atoms with E-state index >= 15 is 0 Å². The molecule has 0 amide bonds. The second-order valence-corrected chi connectivity index (χ2v) is 7.07. The molecule has 0 aromatic heterocycles. The quantitative estimate of drug-likeness (QED) is 0.794. The van der Waals surface area contributed by atoms with Gasteiger partial charge in [0.1, 0.15) is 0 Å². The summed E-state index contributed by atoms with van der Waals surface area (Å²) < 4.78 is 0. The fourth-order valence-corrected chi connectivity index (χ4v) is 4.21. The maximum absolute atomic E-state index is 3.84. The van der Waals surface area contributed by atoms with Gasteiger partial charge in [0.25, 0.3) is 0 Å². The molecule has 88 valence electrons. The molecule has 1 nitrogen and oxygen atoms in total. The van der Waals surface area contributed by atoms with Gasteiger partial charge in [0.2, 0.25) is 0 Å². The largest absolute Gasteiger partial charge is 0.313 e. The van der Waals surface area contributed by atoms with Crippen molar-refractivity contribution < 1.29 is 0 Å². The minimum Gasteiger partial charge on any atom is -0.313 e. The normalized spacial score (nSPS) is 35.6. The summed E-state index contributed by atoms with van der Waals surface area (Å²) in [6.07, 6.45) is 7.10. The molecule has 2 heteroatoms. The number of hydrogen-bond acceptors (Lipinski definition) is 2. The van der Waals surface area contributed by atoms with E-state index in [0.29, 0.717) is 5.41 Å². The predicted octanol–water partition coefficient (Wildman–Crippen LogP) is 3.30. The van der Waals surface area contributed by atoms with Crippen molar-refractivity contribution in [1.29, 1.82) is 0 Å². The van der Waals surface area contributed by atoms with Gasteiger partial charge in [0.05, 0.1) is 0 Å². The lowest BCUT2D eigenvalue weighted by molar-refractivity contribution is 0.164. The molecule has 2 fully saturated rings. The van der Waals surface area contributed by atoms with Gasteiger partial charge in [0, 0.05) is 6.04 Å². The average Bonchev–Trinajstić information content (AvgIpc) is 2.68. The highest BCUT2D eigenvalue weighted by atomic mass is 32.2. The third-order valence-electron chi connectivity index (χ3n) is 4.18. The lowest BCUT2D eigenvalue weighted by atomic mass is 9.73. The Morgan fingerprint density at radius 2 is 2.13 bits per heavy atom. The molecule has 1 aliphatic heterocycles. The minimum absolute atomic E-state index is 0.532. The zero-order valence-corrected chi connectivity index (χ0v) is 11.0. The van der Waals surface area contributed by atoms with Crippen molar-refractivity contribution in [3.05, 3.63) is 0 Å². The Morgan fingerprint density at radius 3 is 2.80 bits per heavy atom. The number of rotatable bonds is 3. The lowest BCUT2D eigenvalue weighted by Crippen LogP contribution is -2.45. The molecule has 2 aliphatic rings. The standard InChI is InChI=1S/C13H25NS/c1-13(2)7-4-3-5-12(13)14-9-11-6-8-15-10-11/h11-12,14H,3-10H2,1-2H3. The van der Waals surface area contributed by atoms with E-state index in [9.17, 15) is 0 Å². The van der Waals surface area contributed by atoms with Crippen molar-refractivity contribution in [1.82, 2.24) is 5.32 Å². The molecule has 1 aliphatic carbocycles.